The zero-order valence-electron chi connectivity index (χ0n) is 12.4. The zero-order chi connectivity index (χ0) is 15.6. The summed E-state index contributed by atoms with van der Waals surface area (Å²) >= 11 is 3.29. The first kappa shape index (κ1) is 15.8. The van der Waals surface area contributed by atoms with Crippen LogP contribution in [0.5, 0.6) is 0 Å². The van der Waals surface area contributed by atoms with E-state index in [-0.39, 0.29) is 6.09 Å². The molecule has 0 aromatic carbocycles. The Balaban J connectivity index is 2.08. The van der Waals surface area contributed by atoms with Crippen LogP contribution in [0, 0.1) is 0 Å². The van der Waals surface area contributed by atoms with Gasteiger partial charge in [-0.3, -0.25) is 0 Å². The maximum Gasteiger partial charge on any atom is 0.410 e. The maximum atomic E-state index is 12.0. The molecule has 2 heterocycles. The highest BCUT2D eigenvalue weighted by Crippen LogP contribution is 2.26. The summed E-state index contributed by atoms with van der Waals surface area (Å²) < 4.78 is 6.00. The molecule has 0 radical (unpaired) electrons. The molecule has 0 spiro atoms. The predicted octanol–water partition coefficient (Wildman–Crippen LogP) is 2.85. The first-order valence-electron chi connectivity index (χ1n) is 6.71. The number of hydrogen-bond donors (Lipinski definition) is 1. The highest BCUT2D eigenvalue weighted by molar-refractivity contribution is 9.10. The summed E-state index contributed by atoms with van der Waals surface area (Å²) in [5.41, 5.74) is 7.05. The first-order valence-corrected chi connectivity index (χ1v) is 7.51. The quantitative estimate of drug-likeness (QED) is 0.838. The number of anilines is 1. The highest BCUT2D eigenvalue weighted by atomic mass is 79.9. The average molecular weight is 355 g/mol. The van der Waals surface area contributed by atoms with Gasteiger partial charge >= 0.3 is 6.09 Å². The highest BCUT2D eigenvalue weighted by Gasteiger charge is 2.24. The number of rotatable bonds is 1. The van der Waals surface area contributed by atoms with Gasteiger partial charge in [-0.05, 0) is 48.7 Å². The lowest BCUT2D eigenvalue weighted by atomic mass is 10.0. The molecule has 21 heavy (non-hydrogen) atoms. The van der Waals surface area contributed by atoms with Crippen LogP contribution in [0.25, 0.3) is 5.57 Å². The summed E-state index contributed by atoms with van der Waals surface area (Å²) in [6.45, 7) is 6.63. The first-order chi connectivity index (χ1) is 9.76. The molecule has 0 fully saturated rings. The van der Waals surface area contributed by atoms with Crippen LogP contribution in [-0.2, 0) is 4.74 Å². The van der Waals surface area contributed by atoms with Crippen LogP contribution in [0.4, 0.5) is 10.6 Å². The van der Waals surface area contributed by atoms with Crippen molar-refractivity contribution in [3.05, 3.63) is 22.6 Å². The largest absolute Gasteiger partial charge is 0.444 e. The zero-order valence-corrected chi connectivity index (χ0v) is 14.0. The topological polar surface area (TPSA) is 81.3 Å². The molecule has 7 heteroatoms. The van der Waals surface area contributed by atoms with E-state index < -0.39 is 5.60 Å². The van der Waals surface area contributed by atoms with Crippen molar-refractivity contribution in [3.8, 4) is 0 Å². The van der Waals surface area contributed by atoms with Gasteiger partial charge < -0.3 is 15.4 Å². The van der Waals surface area contributed by atoms with Gasteiger partial charge in [-0.1, -0.05) is 6.08 Å². The molecule has 1 amide bonds. The minimum atomic E-state index is -0.485. The fraction of sp³-hybridized carbons (Fsp3) is 0.500. The SMILES string of the molecule is CC(C)(C)OC(=O)N1CC=C(c2nc(Br)cnc2N)CC1. The molecule has 0 saturated carbocycles. The van der Waals surface area contributed by atoms with Crippen LogP contribution in [0.3, 0.4) is 0 Å². The molecule has 1 aliphatic rings. The summed E-state index contributed by atoms with van der Waals surface area (Å²) in [6, 6.07) is 0. The molecule has 2 N–H and O–H groups in total. The van der Waals surface area contributed by atoms with Gasteiger partial charge in [0.05, 0.1) is 6.20 Å². The average Bonchev–Trinajstić information content (AvgIpc) is 2.40. The van der Waals surface area contributed by atoms with Gasteiger partial charge in [0.15, 0.2) is 0 Å². The van der Waals surface area contributed by atoms with Crippen LogP contribution >= 0.6 is 15.9 Å². The lowest BCUT2D eigenvalue weighted by Crippen LogP contribution is -2.39. The Hall–Kier alpha value is -1.63. The summed E-state index contributed by atoms with van der Waals surface area (Å²) in [4.78, 5) is 22.1. The van der Waals surface area contributed by atoms with Gasteiger partial charge in [-0.2, -0.15) is 0 Å². The fourth-order valence-electron chi connectivity index (χ4n) is 1.99. The molecule has 1 aromatic heterocycles. The Kier molecular flexibility index (Phi) is 4.51. The second-order valence-electron chi connectivity index (χ2n) is 5.83. The number of nitrogens with zero attached hydrogens (tertiary/aromatic N) is 3. The van der Waals surface area contributed by atoms with Crippen molar-refractivity contribution >= 4 is 33.4 Å². The molecular weight excluding hydrogens is 336 g/mol. The Labute approximate surface area is 132 Å². The Morgan fingerprint density at radius 1 is 1.48 bits per heavy atom. The molecular formula is C14H19BrN4O2. The molecule has 114 valence electrons. The molecule has 0 bridgehead atoms. The van der Waals surface area contributed by atoms with Crippen molar-refractivity contribution in [1.82, 2.24) is 14.9 Å². The second kappa shape index (κ2) is 6.01. The molecule has 0 saturated heterocycles. The van der Waals surface area contributed by atoms with E-state index in [2.05, 4.69) is 25.9 Å². The monoisotopic (exact) mass is 354 g/mol. The van der Waals surface area contributed by atoms with Crippen molar-refractivity contribution in [1.29, 1.82) is 0 Å². The molecule has 0 unspecified atom stereocenters. The van der Waals surface area contributed by atoms with E-state index in [1.165, 1.54) is 0 Å². The Bertz CT molecular complexity index is 581. The Morgan fingerprint density at radius 3 is 2.76 bits per heavy atom. The van der Waals surface area contributed by atoms with E-state index in [4.69, 9.17) is 10.5 Å². The third kappa shape index (κ3) is 4.17. The van der Waals surface area contributed by atoms with E-state index in [1.54, 1.807) is 11.1 Å². The van der Waals surface area contributed by atoms with E-state index >= 15 is 0 Å². The van der Waals surface area contributed by atoms with E-state index in [9.17, 15) is 4.79 Å². The standard InChI is InChI=1S/C14H19BrN4O2/c1-14(2,3)21-13(20)19-6-4-9(5-7-19)11-12(16)17-8-10(15)18-11/h4,8H,5-7H2,1-3H3,(H2,16,17). The van der Waals surface area contributed by atoms with Gasteiger partial charge in [0.25, 0.3) is 0 Å². The number of amides is 1. The predicted molar refractivity (Wildman–Crippen MR) is 84.5 cm³/mol. The number of nitrogen functional groups attached to an aromatic ring is 1. The van der Waals surface area contributed by atoms with Gasteiger partial charge in [-0.15, -0.1) is 0 Å². The number of nitrogens with two attached hydrogens (primary N) is 1. The van der Waals surface area contributed by atoms with Crippen LogP contribution in [0.15, 0.2) is 16.9 Å². The third-order valence-electron chi connectivity index (χ3n) is 2.94. The smallest absolute Gasteiger partial charge is 0.410 e. The maximum absolute atomic E-state index is 12.0. The lowest BCUT2D eigenvalue weighted by molar-refractivity contribution is 0.0270. The van der Waals surface area contributed by atoms with Crippen molar-refractivity contribution in [2.75, 3.05) is 18.8 Å². The number of hydrogen-bond acceptors (Lipinski definition) is 5. The molecule has 2 rings (SSSR count). The number of carbonyl (C=O) groups is 1. The number of carbonyl (C=O) groups excluding carboxylic acids is 1. The molecule has 1 aromatic rings. The normalized spacial score (nSPS) is 15.6. The molecule has 6 nitrogen and oxygen atoms in total. The van der Waals surface area contributed by atoms with Crippen molar-refractivity contribution < 1.29 is 9.53 Å². The summed E-state index contributed by atoms with van der Waals surface area (Å²) in [5, 5.41) is 0. The summed E-state index contributed by atoms with van der Waals surface area (Å²) in [5.74, 6) is 0.398. The third-order valence-corrected chi connectivity index (χ3v) is 3.32. The number of ether oxygens (including phenoxy) is 1. The van der Waals surface area contributed by atoms with Crippen LogP contribution in [0.2, 0.25) is 0 Å². The molecule has 1 aliphatic heterocycles. The summed E-state index contributed by atoms with van der Waals surface area (Å²) in [6.07, 6.45) is 3.88. The molecule has 0 aliphatic carbocycles. The minimum absolute atomic E-state index is 0.300. The van der Waals surface area contributed by atoms with Gasteiger partial charge in [0.2, 0.25) is 0 Å². The van der Waals surface area contributed by atoms with E-state index in [1.807, 2.05) is 26.8 Å². The van der Waals surface area contributed by atoms with Crippen LogP contribution in [0.1, 0.15) is 32.9 Å². The van der Waals surface area contributed by atoms with Crippen molar-refractivity contribution in [2.45, 2.75) is 32.8 Å². The second-order valence-corrected chi connectivity index (χ2v) is 6.64. The molecule has 0 atom stereocenters. The minimum Gasteiger partial charge on any atom is -0.444 e. The van der Waals surface area contributed by atoms with Crippen LogP contribution < -0.4 is 5.73 Å². The van der Waals surface area contributed by atoms with E-state index in [0.29, 0.717) is 35.6 Å². The van der Waals surface area contributed by atoms with Gasteiger partial charge in [0, 0.05) is 13.1 Å². The lowest BCUT2D eigenvalue weighted by Gasteiger charge is -2.29. The fourth-order valence-corrected chi connectivity index (χ4v) is 2.27. The number of halogens is 1. The van der Waals surface area contributed by atoms with Crippen LogP contribution in [-0.4, -0.2) is 39.7 Å². The summed E-state index contributed by atoms with van der Waals surface area (Å²) in [7, 11) is 0. The number of aromatic nitrogens is 2. The van der Waals surface area contributed by atoms with E-state index in [0.717, 1.165) is 5.57 Å². The van der Waals surface area contributed by atoms with Crippen molar-refractivity contribution in [3.63, 3.8) is 0 Å². The Morgan fingerprint density at radius 2 is 2.19 bits per heavy atom. The van der Waals surface area contributed by atoms with Gasteiger partial charge in [0.1, 0.15) is 21.7 Å². The van der Waals surface area contributed by atoms with Crippen molar-refractivity contribution in [2.24, 2.45) is 0 Å². The van der Waals surface area contributed by atoms with Gasteiger partial charge in [-0.25, -0.2) is 14.8 Å².